The second-order valence-corrected chi connectivity index (χ2v) is 18.2. The highest BCUT2D eigenvalue weighted by molar-refractivity contribution is 6.41. The van der Waals surface area contributed by atoms with Crippen molar-refractivity contribution in [2.24, 2.45) is 0 Å². The first-order chi connectivity index (χ1) is 35.4. The minimum absolute atomic E-state index is 0.208. The van der Waals surface area contributed by atoms with Gasteiger partial charge in [-0.1, -0.05) is 109 Å². The summed E-state index contributed by atoms with van der Waals surface area (Å²) in [5.41, 5.74) is 9.70. The minimum atomic E-state index is -0.775. The predicted molar refractivity (Wildman–Crippen MR) is 281 cm³/mol. The lowest BCUT2D eigenvalue weighted by molar-refractivity contribution is 0.0373. The van der Waals surface area contributed by atoms with Gasteiger partial charge in [0.05, 0.1) is 44.3 Å². The van der Waals surface area contributed by atoms with E-state index in [1.165, 1.54) is 0 Å². The van der Waals surface area contributed by atoms with Crippen LogP contribution in [0.3, 0.4) is 0 Å². The maximum absolute atomic E-state index is 13.8. The van der Waals surface area contributed by atoms with E-state index in [2.05, 4.69) is 106 Å². The molecule has 15 rings (SSSR count). The normalized spacial score (nSPS) is 13.1. The highest BCUT2D eigenvalue weighted by Crippen LogP contribution is 2.48. The van der Waals surface area contributed by atoms with Crippen LogP contribution < -0.4 is 0 Å². The van der Waals surface area contributed by atoms with E-state index < -0.39 is 23.9 Å². The van der Waals surface area contributed by atoms with Crippen molar-refractivity contribution in [1.29, 1.82) is 0 Å². The van der Waals surface area contributed by atoms with E-state index in [4.69, 9.17) is 9.47 Å². The van der Waals surface area contributed by atoms with Crippen LogP contribution in [0.1, 0.15) is 63.7 Å². The van der Waals surface area contributed by atoms with Crippen molar-refractivity contribution in [3.05, 3.63) is 226 Å². The Morgan fingerprint density at radius 3 is 0.986 bits per heavy atom. The van der Waals surface area contributed by atoms with Crippen molar-refractivity contribution >= 4 is 111 Å². The fourth-order valence-electron chi connectivity index (χ4n) is 11.4. The number of fused-ring (bicyclic) bond motifs is 8. The summed E-state index contributed by atoms with van der Waals surface area (Å²) in [5.74, 6) is 10.5. The highest BCUT2D eigenvalue weighted by atomic mass is 16.6. The third-order valence-corrected chi connectivity index (χ3v) is 14.4. The molecule has 0 unspecified atom stereocenters. The Morgan fingerprint density at radius 2 is 0.625 bits per heavy atom. The largest absolute Gasteiger partial charge is 0.386 e. The van der Waals surface area contributed by atoms with Crippen LogP contribution in [0, 0.1) is 23.7 Å². The molecule has 0 N–H and O–H groups in total. The molecule has 332 valence electrons. The van der Waals surface area contributed by atoms with Crippen molar-refractivity contribution in [3.8, 4) is 35.1 Å². The molecule has 2 aliphatic rings. The van der Waals surface area contributed by atoms with Gasteiger partial charge in [-0.25, -0.2) is 19.2 Å². The summed E-state index contributed by atoms with van der Waals surface area (Å²) >= 11 is 0. The van der Waals surface area contributed by atoms with Crippen LogP contribution in [0.4, 0.5) is 0 Å². The monoisotopic (exact) mass is 922 g/mol. The van der Waals surface area contributed by atoms with Crippen LogP contribution in [-0.2, 0) is 9.47 Å². The number of carbonyl (C=O) groups is 4. The number of aromatic nitrogens is 2. The number of hydrogen-bond acceptors (Lipinski definition) is 6. The molecule has 0 atom stereocenters. The molecular weight excluding hydrogens is 893 g/mol. The number of nitrogens with zero attached hydrogens (tertiary/aromatic N) is 2. The molecule has 0 bridgehead atoms. The smallest absolute Gasteiger partial charge is 0.346 e. The highest BCUT2D eigenvalue weighted by Gasteiger charge is 2.34. The summed E-state index contributed by atoms with van der Waals surface area (Å²) in [5, 5.41) is 9.44. The molecule has 8 nitrogen and oxygen atoms in total. The van der Waals surface area contributed by atoms with Crippen LogP contribution in [0.15, 0.2) is 182 Å². The minimum Gasteiger partial charge on any atom is -0.386 e. The fourth-order valence-corrected chi connectivity index (χ4v) is 11.4. The van der Waals surface area contributed by atoms with Gasteiger partial charge in [0.15, 0.2) is 0 Å². The maximum Gasteiger partial charge on any atom is 0.346 e. The Balaban J connectivity index is 0.932. The van der Waals surface area contributed by atoms with E-state index in [0.717, 1.165) is 66.1 Å². The summed E-state index contributed by atoms with van der Waals surface area (Å²) in [6, 6.07) is 59.8. The van der Waals surface area contributed by atoms with Gasteiger partial charge in [0, 0.05) is 87.5 Å². The molecule has 2 aromatic heterocycles. The molecule has 0 spiro atoms. The van der Waals surface area contributed by atoms with Gasteiger partial charge >= 0.3 is 23.9 Å². The number of ether oxygens (including phenoxy) is 2. The lowest BCUT2D eigenvalue weighted by atomic mass is 9.80. The van der Waals surface area contributed by atoms with Crippen molar-refractivity contribution in [1.82, 2.24) is 9.13 Å². The number of esters is 4. The predicted octanol–water partition coefficient (Wildman–Crippen LogP) is 13.4. The summed E-state index contributed by atoms with van der Waals surface area (Å²) in [7, 11) is 0. The van der Waals surface area contributed by atoms with Gasteiger partial charge in [-0.05, 0) is 108 Å². The standard InChI is InChI=1S/C64H30N2O6/c67-61-47-32-30-46-56-38(24-18-36-21-27-40(28-22-36)66-53-15-7-3-11-43(53)44-12-4-8-16-54(44)66)34-50-58-48(62(68)72-64(50)70)31-29-45(60(56)58)55-37(33-49(63(69)71-61)57(47)59(46)55)23-17-35-19-25-39(26-20-35)65-51-13-5-1-9-41(51)42-10-2-6-14-52(42)65/h1-16,19-22,25-34H. The topological polar surface area (TPSA) is 96.6 Å². The van der Waals surface area contributed by atoms with Crippen LogP contribution >= 0.6 is 0 Å². The van der Waals surface area contributed by atoms with E-state index in [1.807, 2.05) is 84.9 Å². The number of benzene rings is 11. The van der Waals surface area contributed by atoms with Gasteiger partial charge in [-0.2, -0.15) is 0 Å². The Labute approximate surface area is 408 Å². The second kappa shape index (κ2) is 14.6. The van der Waals surface area contributed by atoms with Crippen LogP contribution in [-0.4, -0.2) is 33.0 Å². The third kappa shape index (κ3) is 5.49. The zero-order valence-electron chi connectivity index (χ0n) is 37.7. The van der Waals surface area contributed by atoms with E-state index in [1.54, 1.807) is 24.3 Å². The molecular formula is C64H30N2O6. The first-order valence-electron chi connectivity index (χ1n) is 23.4. The van der Waals surface area contributed by atoms with E-state index >= 15 is 0 Å². The Morgan fingerprint density at radius 1 is 0.292 bits per heavy atom. The van der Waals surface area contributed by atoms with E-state index in [0.29, 0.717) is 54.2 Å². The number of hydrogen-bond donors (Lipinski definition) is 0. The van der Waals surface area contributed by atoms with E-state index in [-0.39, 0.29) is 22.3 Å². The molecule has 2 aliphatic heterocycles. The average Bonchev–Trinajstić information content (AvgIpc) is 3.94. The van der Waals surface area contributed by atoms with Crippen molar-refractivity contribution in [2.75, 3.05) is 0 Å². The molecule has 8 heteroatoms. The molecule has 11 aromatic carbocycles. The number of cyclic esters (lactones) is 4. The van der Waals surface area contributed by atoms with Gasteiger partial charge in [0.25, 0.3) is 0 Å². The third-order valence-electron chi connectivity index (χ3n) is 14.4. The molecule has 0 amide bonds. The number of carbonyl (C=O) groups excluding carboxylic acids is 4. The van der Waals surface area contributed by atoms with E-state index in [9.17, 15) is 19.2 Å². The quantitative estimate of drug-likeness (QED) is 0.0563. The van der Waals surface area contributed by atoms with Gasteiger partial charge in [0.2, 0.25) is 0 Å². The Kier molecular flexibility index (Phi) is 8.06. The van der Waals surface area contributed by atoms with Crippen LogP contribution in [0.2, 0.25) is 0 Å². The zero-order chi connectivity index (χ0) is 47.9. The zero-order valence-corrected chi connectivity index (χ0v) is 37.7. The first kappa shape index (κ1) is 39.7. The lowest BCUT2D eigenvalue weighted by Crippen LogP contribution is -2.21. The average molecular weight is 923 g/mol. The Bertz CT molecular complexity index is 4400. The van der Waals surface area contributed by atoms with Crippen LogP contribution in [0.5, 0.6) is 0 Å². The molecule has 13 aromatic rings. The molecule has 0 radical (unpaired) electrons. The van der Waals surface area contributed by atoms with Gasteiger partial charge < -0.3 is 18.6 Å². The van der Waals surface area contributed by atoms with Gasteiger partial charge in [-0.3, -0.25) is 0 Å². The SMILES string of the molecule is O=C1OC(=O)c2cc(C#Cc3ccc(-n4c5ccccc5c5ccccc54)cc3)c3c4ccc5c6c(cc(C#Cc7ccc(-n8c9ccccc9c9ccccc98)cc7)c(c7ccc1c2c73)c64)C(=O)OC5=O. The van der Waals surface area contributed by atoms with Crippen molar-refractivity contribution in [2.45, 2.75) is 0 Å². The van der Waals surface area contributed by atoms with Crippen molar-refractivity contribution in [3.63, 3.8) is 0 Å². The summed E-state index contributed by atoms with van der Waals surface area (Å²) in [6.07, 6.45) is 0. The number of para-hydroxylation sites is 4. The van der Waals surface area contributed by atoms with Gasteiger partial charge in [-0.15, -0.1) is 0 Å². The first-order valence-corrected chi connectivity index (χ1v) is 23.4. The molecule has 72 heavy (non-hydrogen) atoms. The fraction of sp³-hybridized carbons (Fsp3) is 0. The number of rotatable bonds is 2. The molecule has 0 saturated heterocycles. The van der Waals surface area contributed by atoms with Crippen LogP contribution in [0.25, 0.3) is 98.1 Å². The molecule has 0 fully saturated rings. The molecule has 4 heterocycles. The van der Waals surface area contributed by atoms with Gasteiger partial charge in [0.1, 0.15) is 0 Å². The molecule has 0 saturated carbocycles. The molecule has 0 aliphatic carbocycles. The summed E-state index contributed by atoms with van der Waals surface area (Å²) in [6.45, 7) is 0. The second-order valence-electron chi connectivity index (χ2n) is 18.2. The lowest BCUT2D eigenvalue weighted by Gasteiger charge is -2.24. The van der Waals surface area contributed by atoms with Crippen molar-refractivity contribution < 1.29 is 28.7 Å². The summed E-state index contributed by atoms with van der Waals surface area (Å²) in [4.78, 5) is 54.5. The Hall–Kier alpha value is -10.3. The summed E-state index contributed by atoms with van der Waals surface area (Å²) < 4.78 is 15.1. The maximum atomic E-state index is 13.8.